The van der Waals surface area contributed by atoms with E-state index in [0.717, 1.165) is 19.1 Å². The minimum atomic E-state index is -5.33. The van der Waals surface area contributed by atoms with Crippen LogP contribution in [-0.4, -0.2) is 32.6 Å². The van der Waals surface area contributed by atoms with Gasteiger partial charge in [-0.2, -0.15) is 39.5 Å². The number of anilines is 3. The molecule has 3 aromatic carbocycles. The summed E-state index contributed by atoms with van der Waals surface area (Å²) in [6.45, 7) is 5.20. The third kappa shape index (κ3) is 8.26. The van der Waals surface area contributed by atoms with Gasteiger partial charge in [0.1, 0.15) is 0 Å². The van der Waals surface area contributed by atoms with Crippen molar-refractivity contribution < 1.29 is 57.5 Å². The van der Waals surface area contributed by atoms with Crippen molar-refractivity contribution >= 4 is 38.9 Å². The van der Waals surface area contributed by atoms with Gasteiger partial charge in [0.15, 0.2) is 0 Å². The lowest BCUT2D eigenvalue weighted by atomic mass is 9.95. The highest BCUT2D eigenvalue weighted by Gasteiger charge is 2.40. The van der Waals surface area contributed by atoms with Gasteiger partial charge < -0.3 is 10.6 Å². The maximum absolute atomic E-state index is 13.6. The van der Waals surface area contributed by atoms with Crippen LogP contribution in [0.4, 0.5) is 56.6 Å². The Morgan fingerprint density at radius 2 is 1.13 bits per heavy atom. The van der Waals surface area contributed by atoms with Gasteiger partial charge in [-0.15, -0.1) is 0 Å². The Hall–Kier alpha value is -4.28. The minimum absolute atomic E-state index is 0.0242. The number of nitrogens with one attached hydrogen (secondary N) is 3. The number of aryl methyl sites for hydroxylation is 3. The minimum Gasteiger partial charge on any atom is -0.318 e. The normalized spacial score (nSPS) is 12.6. The summed E-state index contributed by atoms with van der Waals surface area (Å²) in [5.41, 5.74) is -1.66. The van der Waals surface area contributed by atoms with Gasteiger partial charge in [-0.25, -0.2) is 8.42 Å². The number of carbonyl (C=O) groups is 2. The molecule has 0 aliphatic rings. The summed E-state index contributed by atoms with van der Waals surface area (Å²) in [6.07, 6.45) is -15.5. The van der Waals surface area contributed by atoms with Gasteiger partial charge in [-0.3, -0.25) is 14.3 Å². The summed E-state index contributed by atoms with van der Waals surface area (Å²) >= 11 is 0. The van der Waals surface area contributed by atoms with E-state index in [4.69, 9.17) is 0 Å². The Labute approximate surface area is 250 Å². The number of amides is 2. The number of benzene rings is 3. The van der Waals surface area contributed by atoms with Crippen LogP contribution >= 0.6 is 0 Å². The number of sulfonamides is 1. The van der Waals surface area contributed by atoms with Crippen LogP contribution in [0.3, 0.4) is 0 Å². The molecule has 0 fully saturated rings. The largest absolute Gasteiger partial charge is 0.471 e. The van der Waals surface area contributed by atoms with Gasteiger partial charge in [-0.05, 0) is 91.8 Å². The van der Waals surface area contributed by atoms with Gasteiger partial charge in [0.05, 0.1) is 10.5 Å². The summed E-state index contributed by atoms with van der Waals surface area (Å²) < 4.78 is 146. The fourth-order valence-electron chi connectivity index (χ4n) is 4.62. The molecule has 0 spiro atoms. The molecule has 0 atom stereocenters. The zero-order valence-electron chi connectivity index (χ0n) is 23.7. The number of hydrogen-bond acceptors (Lipinski definition) is 4. The van der Waals surface area contributed by atoms with E-state index in [1.54, 1.807) is 10.6 Å². The van der Waals surface area contributed by atoms with Crippen molar-refractivity contribution in [2.75, 3.05) is 15.4 Å². The third-order valence-electron chi connectivity index (χ3n) is 6.50. The van der Waals surface area contributed by atoms with E-state index in [2.05, 4.69) is 4.72 Å². The van der Waals surface area contributed by atoms with E-state index in [1.165, 1.54) is 39.0 Å². The number of hydrogen-bond donors (Lipinski definition) is 3. The quantitative estimate of drug-likeness (QED) is 0.229. The van der Waals surface area contributed by atoms with Gasteiger partial charge in [0.25, 0.3) is 10.0 Å². The molecular formula is C28H24F9N3O4S. The lowest BCUT2D eigenvalue weighted by Crippen LogP contribution is -2.31. The number of alkyl halides is 9. The molecule has 0 aliphatic carbocycles. The number of carbonyl (C=O) groups excluding carboxylic acids is 2. The molecule has 3 rings (SSSR count). The monoisotopic (exact) mass is 669 g/mol. The zero-order valence-corrected chi connectivity index (χ0v) is 24.5. The van der Waals surface area contributed by atoms with Crippen LogP contribution in [0, 0.1) is 27.7 Å². The predicted molar refractivity (Wildman–Crippen MR) is 146 cm³/mol. The average Bonchev–Trinajstić information content (AvgIpc) is 2.86. The molecule has 0 unspecified atom stereocenters. The first-order chi connectivity index (χ1) is 20.4. The Bertz CT molecular complexity index is 1720. The second kappa shape index (κ2) is 12.3. The predicted octanol–water partition coefficient (Wildman–Crippen LogP) is 7.33. The molecule has 0 aliphatic heterocycles. The van der Waals surface area contributed by atoms with Crippen LogP contribution in [0.1, 0.15) is 38.9 Å². The topological polar surface area (TPSA) is 104 Å². The molecule has 2 amide bonds. The summed E-state index contributed by atoms with van der Waals surface area (Å²) in [5.74, 6) is -4.60. The molecule has 244 valence electrons. The SMILES string of the molecule is Cc1cc(Cc2cc(C)c(NC(=O)C(F)(F)F)c(C)c2S(=O)(=O)Nc2ccc(C(F)(F)F)cc2)cc(C)c1NC(=O)C(F)(F)F. The molecule has 0 saturated heterocycles. The van der Waals surface area contributed by atoms with E-state index >= 15 is 0 Å². The molecule has 7 nitrogen and oxygen atoms in total. The van der Waals surface area contributed by atoms with Gasteiger partial charge in [-0.1, -0.05) is 18.2 Å². The Balaban J connectivity index is 2.14. The van der Waals surface area contributed by atoms with Crippen molar-refractivity contribution in [1.82, 2.24) is 0 Å². The Morgan fingerprint density at radius 3 is 1.58 bits per heavy atom. The lowest BCUT2D eigenvalue weighted by Gasteiger charge is -2.21. The van der Waals surface area contributed by atoms with E-state index in [1.807, 2.05) is 0 Å². The molecule has 3 aromatic rings. The highest BCUT2D eigenvalue weighted by atomic mass is 32.2. The first-order valence-corrected chi connectivity index (χ1v) is 14.1. The van der Waals surface area contributed by atoms with Crippen molar-refractivity contribution in [3.8, 4) is 0 Å². The van der Waals surface area contributed by atoms with Crippen LogP contribution in [0.5, 0.6) is 0 Å². The highest BCUT2D eigenvalue weighted by molar-refractivity contribution is 7.92. The molecule has 0 radical (unpaired) electrons. The maximum Gasteiger partial charge on any atom is 0.471 e. The van der Waals surface area contributed by atoms with Gasteiger partial charge in [0.2, 0.25) is 0 Å². The summed E-state index contributed by atoms with van der Waals surface area (Å²) in [5, 5.41) is 3.42. The van der Waals surface area contributed by atoms with E-state index < -0.39 is 56.5 Å². The van der Waals surface area contributed by atoms with Crippen LogP contribution < -0.4 is 15.4 Å². The lowest BCUT2D eigenvalue weighted by molar-refractivity contribution is -0.167. The Kier molecular flexibility index (Phi) is 9.58. The summed E-state index contributed by atoms with van der Waals surface area (Å²) in [7, 11) is -4.76. The van der Waals surface area contributed by atoms with Crippen LogP contribution in [0.2, 0.25) is 0 Å². The number of halogens is 9. The second-order valence-corrected chi connectivity index (χ2v) is 11.7. The smallest absolute Gasteiger partial charge is 0.318 e. The number of rotatable bonds is 7. The van der Waals surface area contributed by atoms with Crippen molar-refractivity contribution in [1.29, 1.82) is 0 Å². The standard InChI is InChI=1S/C28H24F9N3O4S/c1-13-9-17(10-14(2)21(13)38-24(41)27(32,33)34)12-18-11-15(3)22(39-25(42)28(35,36)37)16(4)23(18)45(43,44)40-20-7-5-19(6-8-20)26(29,30)31/h5-11,40H,12H2,1-4H3,(H,38,41)(H,39,42). The van der Waals surface area contributed by atoms with Crippen LogP contribution in [0.15, 0.2) is 47.4 Å². The maximum atomic E-state index is 13.6. The molecule has 0 heterocycles. The van der Waals surface area contributed by atoms with Crippen LogP contribution in [-0.2, 0) is 32.2 Å². The molecular weight excluding hydrogens is 645 g/mol. The average molecular weight is 670 g/mol. The fraction of sp³-hybridized carbons (Fsp3) is 0.286. The molecule has 0 saturated carbocycles. The van der Waals surface area contributed by atoms with Gasteiger partial charge >= 0.3 is 30.3 Å². The zero-order chi connectivity index (χ0) is 34.3. The molecule has 45 heavy (non-hydrogen) atoms. The van der Waals surface area contributed by atoms with Crippen LogP contribution in [0.25, 0.3) is 0 Å². The van der Waals surface area contributed by atoms with E-state index in [-0.39, 0.29) is 45.6 Å². The summed E-state index contributed by atoms with van der Waals surface area (Å²) in [6, 6.07) is 6.80. The summed E-state index contributed by atoms with van der Waals surface area (Å²) in [4.78, 5) is 22.6. The Morgan fingerprint density at radius 1 is 0.689 bits per heavy atom. The first kappa shape index (κ1) is 35.2. The second-order valence-electron chi connectivity index (χ2n) is 10.0. The van der Waals surface area contributed by atoms with E-state index in [0.29, 0.717) is 17.7 Å². The molecule has 3 N–H and O–H groups in total. The highest BCUT2D eigenvalue weighted by Crippen LogP contribution is 2.36. The fourth-order valence-corrected chi connectivity index (χ4v) is 6.15. The first-order valence-electron chi connectivity index (χ1n) is 12.6. The van der Waals surface area contributed by atoms with Crippen molar-refractivity contribution in [3.63, 3.8) is 0 Å². The molecule has 0 bridgehead atoms. The van der Waals surface area contributed by atoms with Crippen molar-refractivity contribution in [3.05, 3.63) is 81.4 Å². The van der Waals surface area contributed by atoms with Crippen molar-refractivity contribution in [2.45, 2.75) is 57.5 Å². The van der Waals surface area contributed by atoms with Crippen molar-refractivity contribution in [2.24, 2.45) is 0 Å². The third-order valence-corrected chi connectivity index (χ3v) is 8.11. The van der Waals surface area contributed by atoms with Gasteiger partial charge in [0, 0.05) is 17.1 Å². The molecule has 17 heteroatoms. The molecule has 0 aromatic heterocycles. The van der Waals surface area contributed by atoms with E-state index in [9.17, 15) is 57.5 Å².